The van der Waals surface area contributed by atoms with Crippen molar-refractivity contribution in [3.8, 4) is 0 Å². The van der Waals surface area contributed by atoms with Crippen LogP contribution in [0.5, 0.6) is 0 Å². The third-order valence-corrected chi connectivity index (χ3v) is 3.61. The van der Waals surface area contributed by atoms with Crippen molar-refractivity contribution in [2.24, 2.45) is 0 Å². The van der Waals surface area contributed by atoms with Crippen molar-refractivity contribution in [1.29, 1.82) is 0 Å². The first-order valence-corrected chi connectivity index (χ1v) is 7.19. The van der Waals surface area contributed by atoms with Crippen LogP contribution in [0.1, 0.15) is 21.5 Å². The zero-order valence-corrected chi connectivity index (χ0v) is 11.7. The molecule has 0 unspecified atom stereocenters. The Hall–Kier alpha value is -2.14. The van der Waals surface area contributed by atoms with Crippen LogP contribution in [0.3, 0.4) is 0 Å². The van der Waals surface area contributed by atoms with Crippen molar-refractivity contribution in [3.05, 3.63) is 57.8 Å². The maximum atomic E-state index is 11.7. The van der Waals surface area contributed by atoms with Crippen LogP contribution in [0.4, 0.5) is 0 Å². The van der Waals surface area contributed by atoms with Gasteiger partial charge in [0.25, 0.3) is 0 Å². The summed E-state index contributed by atoms with van der Waals surface area (Å²) in [5.41, 5.74) is 2.30. The number of hydrogen-bond donors (Lipinski definition) is 2. The molecule has 0 aliphatic heterocycles. The quantitative estimate of drug-likeness (QED) is 0.858. The van der Waals surface area contributed by atoms with Gasteiger partial charge in [-0.2, -0.15) is 11.3 Å². The van der Waals surface area contributed by atoms with Crippen molar-refractivity contribution in [1.82, 2.24) is 5.32 Å². The molecular weight excluding hydrogens is 274 g/mol. The summed E-state index contributed by atoms with van der Waals surface area (Å²) < 4.78 is 0. The Morgan fingerprint density at radius 3 is 2.45 bits per heavy atom. The third-order valence-electron chi connectivity index (χ3n) is 2.88. The Morgan fingerprint density at radius 1 is 1.10 bits per heavy atom. The van der Waals surface area contributed by atoms with Gasteiger partial charge in [-0.05, 0) is 46.5 Å². The standard InChI is InChI=1S/C15H15NO3S/c17-14(9-12-6-8-20-10-12)16-7-5-11-1-3-13(4-2-11)15(18)19/h1-4,6,8,10H,5,7,9H2,(H,16,17)(H,18,19). The molecule has 2 N–H and O–H groups in total. The van der Waals surface area contributed by atoms with Crippen LogP contribution in [0.2, 0.25) is 0 Å². The molecule has 0 saturated carbocycles. The third kappa shape index (κ3) is 4.20. The van der Waals surface area contributed by atoms with E-state index in [1.54, 1.807) is 35.6 Å². The number of aromatic carboxylic acids is 1. The lowest BCUT2D eigenvalue weighted by molar-refractivity contribution is -0.120. The highest BCUT2D eigenvalue weighted by molar-refractivity contribution is 7.07. The molecule has 0 saturated heterocycles. The number of carbonyl (C=O) groups excluding carboxylic acids is 1. The first kappa shape index (κ1) is 14.3. The SMILES string of the molecule is O=C(Cc1ccsc1)NCCc1ccc(C(=O)O)cc1. The number of rotatable bonds is 6. The fourth-order valence-electron chi connectivity index (χ4n) is 1.80. The molecule has 1 aromatic heterocycles. The highest BCUT2D eigenvalue weighted by atomic mass is 32.1. The van der Waals surface area contributed by atoms with Gasteiger partial charge >= 0.3 is 5.97 Å². The molecule has 1 amide bonds. The summed E-state index contributed by atoms with van der Waals surface area (Å²) in [5.74, 6) is -0.925. The summed E-state index contributed by atoms with van der Waals surface area (Å²) in [6.45, 7) is 0.551. The maximum absolute atomic E-state index is 11.7. The van der Waals surface area contributed by atoms with Crippen LogP contribution in [-0.4, -0.2) is 23.5 Å². The molecule has 0 aliphatic rings. The second-order valence-corrected chi connectivity index (χ2v) is 5.19. The first-order valence-electron chi connectivity index (χ1n) is 6.25. The van der Waals surface area contributed by atoms with E-state index in [-0.39, 0.29) is 11.5 Å². The van der Waals surface area contributed by atoms with Crippen LogP contribution in [-0.2, 0) is 17.6 Å². The highest BCUT2D eigenvalue weighted by Crippen LogP contribution is 2.07. The van der Waals surface area contributed by atoms with Crippen LogP contribution < -0.4 is 5.32 Å². The molecule has 20 heavy (non-hydrogen) atoms. The Balaban J connectivity index is 1.75. The normalized spacial score (nSPS) is 10.2. The Kier molecular flexibility index (Phi) is 4.90. The van der Waals surface area contributed by atoms with E-state index in [1.165, 1.54) is 0 Å². The van der Waals surface area contributed by atoms with Gasteiger partial charge in [-0.1, -0.05) is 12.1 Å². The fourth-order valence-corrected chi connectivity index (χ4v) is 2.47. The number of thiophene rings is 1. The summed E-state index contributed by atoms with van der Waals surface area (Å²) >= 11 is 1.58. The molecule has 2 aromatic rings. The zero-order chi connectivity index (χ0) is 14.4. The summed E-state index contributed by atoms with van der Waals surface area (Å²) in [4.78, 5) is 22.4. The van der Waals surface area contributed by atoms with Crippen LogP contribution in [0, 0.1) is 0 Å². The summed E-state index contributed by atoms with van der Waals surface area (Å²) in [5, 5.41) is 15.6. The summed E-state index contributed by atoms with van der Waals surface area (Å²) in [6.07, 6.45) is 1.09. The lowest BCUT2D eigenvalue weighted by atomic mass is 10.1. The van der Waals surface area contributed by atoms with E-state index < -0.39 is 5.97 Å². The van der Waals surface area contributed by atoms with Gasteiger partial charge in [-0.25, -0.2) is 4.79 Å². The Morgan fingerprint density at radius 2 is 1.85 bits per heavy atom. The average Bonchev–Trinajstić information content (AvgIpc) is 2.92. The summed E-state index contributed by atoms with van der Waals surface area (Å²) in [6, 6.07) is 8.63. The van der Waals surface area contributed by atoms with Crippen molar-refractivity contribution >= 4 is 23.2 Å². The molecule has 0 atom stereocenters. The number of carboxylic acids is 1. The first-order chi connectivity index (χ1) is 9.65. The molecule has 104 valence electrons. The number of amides is 1. The monoisotopic (exact) mass is 289 g/mol. The topological polar surface area (TPSA) is 66.4 Å². The smallest absolute Gasteiger partial charge is 0.335 e. The Bertz CT molecular complexity index is 576. The summed E-state index contributed by atoms with van der Waals surface area (Å²) in [7, 11) is 0. The minimum absolute atomic E-state index is 0.00514. The van der Waals surface area contributed by atoms with E-state index in [1.807, 2.05) is 16.8 Å². The predicted molar refractivity (Wildman–Crippen MR) is 78.1 cm³/mol. The number of hydrogen-bond acceptors (Lipinski definition) is 3. The molecular formula is C15H15NO3S. The molecule has 5 heteroatoms. The molecule has 0 spiro atoms. The van der Waals surface area contributed by atoms with Gasteiger partial charge in [0.2, 0.25) is 5.91 Å². The molecule has 1 heterocycles. The minimum Gasteiger partial charge on any atom is -0.478 e. The van der Waals surface area contributed by atoms with Crippen molar-refractivity contribution < 1.29 is 14.7 Å². The highest BCUT2D eigenvalue weighted by Gasteiger charge is 2.04. The van der Waals surface area contributed by atoms with Gasteiger partial charge in [-0.15, -0.1) is 0 Å². The zero-order valence-electron chi connectivity index (χ0n) is 10.8. The molecule has 0 aliphatic carbocycles. The van der Waals surface area contributed by atoms with Gasteiger partial charge in [0.05, 0.1) is 12.0 Å². The van der Waals surface area contributed by atoms with Crippen LogP contribution in [0.15, 0.2) is 41.1 Å². The second-order valence-electron chi connectivity index (χ2n) is 4.41. The predicted octanol–water partition coefficient (Wildman–Crippen LogP) is 2.35. The fraction of sp³-hybridized carbons (Fsp3) is 0.200. The van der Waals surface area contributed by atoms with E-state index in [9.17, 15) is 9.59 Å². The number of carbonyl (C=O) groups is 2. The maximum Gasteiger partial charge on any atom is 0.335 e. The van der Waals surface area contributed by atoms with Crippen LogP contribution >= 0.6 is 11.3 Å². The lowest BCUT2D eigenvalue weighted by Gasteiger charge is -2.05. The number of carboxylic acid groups (broad SMARTS) is 1. The lowest BCUT2D eigenvalue weighted by Crippen LogP contribution is -2.27. The molecule has 4 nitrogen and oxygen atoms in total. The van der Waals surface area contributed by atoms with Crippen molar-refractivity contribution in [2.45, 2.75) is 12.8 Å². The largest absolute Gasteiger partial charge is 0.478 e. The molecule has 0 bridgehead atoms. The van der Waals surface area contributed by atoms with E-state index in [0.717, 1.165) is 11.1 Å². The molecule has 1 aromatic carbocycles. The van der Waals surface area contributed by atoms with Crippen LogP contribution in [0.25, 0.3) is 0 Å². The molecule has 0 radical (unpaired) electrons. The average molecular weight is 289 g/mol. The van der Waals surface area contributed by atoms with E-state index in [4.69, 9.17) is 5.11 Å². The van der Waals surface area contributed by atoms with Crippen molar-refractivity contribution in [2.75, 3.05) is 6.54 Å². The van der Waals surface area contributed by atoms with Gasteiger partial charge in [0, 0.05) is 6.54 Å². The second kappa shape index (κ2) is 6.86. The van der Waals surface area contributed by atoms with Crippen molar-refractivity contribution in [3.63, 3.8) is 0 Å². The van der Waals surface area contributed by atoms with E-state index in [0.29, 0.717) is 19.4 Å². The molecule has 0 fully saturated rings. The molecule has 2 rings (SSSR count). The number of nitrogens with one attached hydrogen (secondary N) is 1. The van der Waals surface area contributed by atoms with Gasteiger partial charge in [0.1, 0.15) is 0 Å². The van der Waals surface area contributed by atoms with Gasteiger partial charge in [-0.3, -0.25) is 4.79 Å². The number of benzene rings is 1. The Labute approximate surface area is 121 Å². The van der Waals surface area contributed by atoms with Gasteiger partial charge < -0.3 is 10.4 Å². The van der Waals surface area contributed by atoms with Gasteiger partial charge in [0.15, 0.2) is 0 Å². The van der Waals surface area contributed by atoms with E-state index in [2.05, 4.69) is 5.32 Å². The van der Waals surface area contributed by atoms with E-state index >= 15 is 0 Å². The minimum atomic E-state index is -0.930.